The second-order valence-corrected chi connectivity index (χ2v) is 30.3. The minimum Gasteiger partial charge on any atom is -0.391 e. The molecule has 0 fully saturated rings. The van der Waals surface area contributed by atoms with Crippen LogP contribution in [-0.2, 0) is 18.4 Å². The van der Waals surface area contributed by atoms with Gasteiger partial charge in [0.05, 0.1) is 39.9 Å². The molecule has 0 rings (SSSR count). The van der Waals surface area contributed by atoms with Gasteiger partial charge in [0.25, 0.3) is 0 Å². The Morgan fingerprint density at radius 3 is 0.932 bits per heavy atom. The maximum Gasteiger partial charge on any atom is 0.472 e. The number of quaternary nitrogens is 1. The van der Waals surface area contributed by atoms with Gasteiger partial charge < -0.3 is 19.8 Å². The lowest BCUT2D eigenvalue weighted by atomic mass is 10.0. The molecule has 0 radical (unpaired) electrons. The molecular weight excluding hydrogens is 1100 g/mol. The van der Waals surface area contributed by atoms with Crippen LogP contribution in [-0.4, -0.2) is 73.4 Å². The van der Waals surface area contributed by atoms with E-state index in [0.717, 1.165) is 44.9 Å². The van der Waals surface area contributed by atoms with Crippen molar-refractivity contribution in [1.82, 2.24) is 5.32 Å². The van der Waals surface area contributed by atoms with E-state index < -0.39 is 20.0 Å². The molecule has 0 spiro atoms. The molecule has 88 heavy (non-hydrogen) atoms. The molecule has 0 saturated heterocycles. The number of carbonyl (C=O) groups is 1. The van der Waals surface area contributed by atoms with Gasteiger partial charge in [-0.2, -0.15) is 0 Å². The third kappa shape index (κ3) is 72.4. The highest BCUT2D eigenvalue weighted by atomic mass is 31.2. The van der Waals surface area contributed by atoms with Gasteiger partial charge in [-0.1, -0.05) is 398 Å². The maximum absolute atomic E-state index is 13.1. The normalized spacial score (nSPS) is 13.6. The molecule has 0 aliphatic carbocycles. The van der Waals surface area contributed by atoms with Crippen molar-refractivity contribution < 1.29 is 32.9 Å². The van der Waals surface area contributed by atoms with Crippen molar-refractivity contribution in [3.05, 3.63) is 24.3 Å². The molecule has 524 valence electrons. The first-order chi connectivity index (χ1) is 43.0. The zero-order valence-electron chi connectivity index (χ0n) is 60.3. The topological polar surface area (TPSA) is 105 Å². The van der Waals surface area contributed by atoms with E-state index in [9.17, 15) is 19.4 Å². The number of hydrogen-bond acceptors (Lipinski definition) is 5. The number of likely N-dealkylation sites (N-methyl/N-ethyl adjacent to an activating group) is 1. The molecule has 8 nitrogen and oxygen atoms in total. The average Bonchev–Trinajstić information content (AvgIpc) is 3.71. The van der Waals surface area contributed by atoms with Crippen LogP contribution in [0.4, 0.5) is 0 Å². The minimum absolute atomic E-state index is 0.0785. The lowest BCUT2D eigenvalue weighted by molar-refractivity contribution is -0.870. The number of unbranched alkanes of at least 4 members (excludes halogenated alkanes) is 58. The summed E-state index contributed by atoms with van der Waals surface area (Å²) in [5.41, 5.74) is 0. The van der Waals surface area contributed by atoms with Gasteiger partial charge in [0, 0.05) is 6.42 Å². The first-order valence-electron chi connectivity index (χ1n) is 39.7. The molecule has 0 saturated carbocycles. The van der Waals surface area contributed by atoms with Crippen LogP contribution in [0.15, 0.2) is 24.3 Å². The zero-order valence-corrected chi connectivity index (χ0v) is 61.2. The van der Waals surface area contributed by atoms with E-state index in [2.05, 4.69) is 43.5 Å². The van der Waals surface area contributed by atoms with Gasteiger partial charge in [0.1, 0.15) is 13.2 Å². The number of carbonyl (C=O) groups excluding carboxylic acids is 1. The Kier molecular flexibility index (Phi) is 69.5. The van der Waals surface area contributed by atoms with Gasteiger partial charge in [0.15, 0.2) is 0 Å². The Bertz CT molecular complexity index is 1480. The van der Waals surface area contributed by atoms with Gasteiger partial charge in [-0.3, -0.25) is 13.8 Å². The summed E-state index contributed by atoms with van der Waals surface area (Å²) in [6, 6.07) is -0.759. The number of phosphoric acid groups is 1. The minimum atomic E-state index is -4.33. The largest absolute Gasteiger partial charge is 0.472 e. The second-order valence-electron chi connectivity index (χ2n) is 28.8. The Hall–Kier alpha value is -1.02. The fourth-order valence-corrected chi connectivity index (χ4v) is 13.3. The van der Waals surface area contributed by atoms with Crippen LogP contribution in [0.3, 0.4) is 0 Å². The third-order valence-electron chi connectivity index (χ3n) is 18.7. The molecule has 0 aliphatic rings. The molecule has 0 heterocycles. The summed E-state index contributed by atoms with van der Waals surface area (Å²) in [7, 11) is 1.64. The summed E-state index contributed by atoms with van der Waals surface area (Å²) in [6.07, 6.45) is 93.3. The molecule has 1 amide bonds. The number of nitrogens with zero attached hydrogens (tertiary/aromatic N) is 1. The number of allylic oxidation sites excluding steroid dienone is 4. The van der Waals surface area contributed by atoms with E-state index in [0.29, 0.717) is 23.9 Å². The van der Waals surface area contributed by atoms with Crippen LogP contribution in [0.25, 0.3) is 0 Å². The monoisotopic (exact) mass is 1260 g/mol. The summed E-state index contributed by atoms with van der Waals surface area (Å²) in [4.78, 5) is 23.5. The van der Waals surface area contributed by atoms with Gasteiger partial charge >= 0.3 is 7.82 Å². The van der Waals surface area contributed by atoms with Crippen LogP contribution in [0.2, 0.25) is 0 Å². The summed E-state index contributed by atoms with van der Waals surface area (Å²) in [5.74, 6) is -0.133. The van der Waals surface area contributed by atoms with Crippen molar-refractivity contribution in [2.45, 2.75) is 437 Å². The lowest BCUT2D eigenvalue weighted by Crippen LogP contribution is -2.46. The highest BCUT2D eigenvalue weighted by Gasteiger charge is 2.28. The van der Waals surface area contributed by atoms with Gasteiger partial charge in [-0.25, -0.2) is 4.57 Å². The molecule has 0 aromatic rings. The molecule has 0 bridgehead atoms. The van der Waals surface area contributed by atoms with Crippen molar-refractivity contribution in [3.63, 3.8) is 0 Å². The number of amides is 1. The molecule has 0 aromatic carbocycles. The van der Waals surface area contributed by atoms with Crippen LogP contribution >= 0.6 is 7.82 Å². The van der Waals surface area contributed by atoms with Crippen molar-refractivity contribution in [1.29, 1.82) is 0 Å². The number of aliphatic hydroxyl groups is 1. The molecule has 3 atom stereocenters. The van der Waals surface area contributed by atoms with Gasteiger partial charge in [-0.05, 0) is 44.9 Å². The fraction of sp³-hybridized carbons (Fsp3) is 0.937. The summed E-state index contributed by atoms with van der Waals surface area (Å²) < 4.78 is 23.9. The van der Waals surface area contributed by atoms with Crippen LogP contribution in [0.1, 0.15) is 425 Å². The predicted octanol–water partition coefficient (Wildman–Crippen LogP) is 25.8. The van der Waals surface area contributed by atoms with Crippen LogP contribution < -0.4 is 5.32 Å². The molecule has 3 unspecified atom stereocenters. The van der Waals surface area contributed by atoms with Crippen LogP contribution in [0, 0.1) is 0 Å². The zero-order chi connectivity index (χ0) is 64.1. The molecule has 0 aromatic heterocycles. The number of nitrogens with one attached hydrogen (secondary N) is 1. The highest BCUT2D eigenvalue weighted by molar-refractivity contribution is 7.47. The van der Waals surface area contributed by atoms with Gasteiger partial charge in [-0.15, -0.1) is 0 Å². The average molecular weight is 1260 g/mol. The van der Waals surface area contributed by atoms with Crippen molar-refractivity contribution in [2.75, 3.05) is 40.9 Å². The van der Waals surface area contributed by atoms with E-state index in [4.69, 9.17) is 9.05 Å². The molecular formula is C79H158N2O6P+. The summed E-state index contributed by atoms with van der Waals surface area (Å²) in [6.45, 7) is 4.95. The predicted molar refractivity (Wildman–Crippen MR) is 388 cm³/mol. The lowest BCUT2D eigenvalue weighted by Gasteiger charge is -2.26. The quantitative estimate of drug-likeness (QED) is 0.0243. The Morgan fingerprint density at radius 2 is 0.648 bits per heavy atom. The number of hydrogen-bond donors (Lipinski definition) is 3. The van der Waals surface area contributed by atoms with Crippen molar-refractivity contribution in [2.24, 2.45) is 0 Å². The SMILES string of the molecule is CCCCCCC/C=C\C/C=C\CCCCCCCCCCCCCCCCCCCCCCCCCCCCCCCC(=O)NC(COP(=O)(O)OCC[N+](C)(C)C)C(O)CCCCCCCCCCCCCCCCCCCCCCCCCCC. The van der Waals surface area contributed by atoms with Crippen molar-refractivity contribution in [3.8, 4) is 0 Å². The van der Waals surface area contributed by atoms with Crippen LogP contribution in [0.5, 0.6) is 0 Å². The number of phosphoric ester groups is 1. The number of rotatable bonds is 75. The third-order valence-corrected chi connectivity index (χ3v) is 19.7. The first-order valence-corrected chi connectivity index (χ1v) is 41.2. The number of aliphatic hydroxyl groups excluding tert-OH is 1. The Balaban J connectivity index is 3.86. The fourth-order valence-electron chi connectivity index (χ4n) is 12.6. The van der Waals surface area contributed by atoms with E-state index in [-0.39, 0.29) is 19.1 Å². The second kappa shape index (κ2) is 70.3. The molecule has 0 aliphatic heterocycles. The van der Waals surface area contributed by atoms with E-state index in [1.807, 2.05) is 21.1 Å². The maximum atomic E-state index is 13.1. The summed E-state index contributed by atoms with van der Waals surface area (Å²) in [5, 5.41) is 14.2. The molecule has 9 heteroatoms. The summed E-state index contributed by atoms with van der Waals surface area (Å²) >= 11 is 0. The van der Waals surface area contributed by atoms with Gasteiger partial charge in [0.2, 0.25) is 5.91 Å². The van der Waals surface area contributed by atoms with Crippen molar-refractivity contribution >= 4 is 13.7 Å². The smallest absolute Gasteiger partial charge is 0.391 e. The van der Waals surface area contributed by atoms with E-state index in [1.54, 1.807) is 0 Å². The standard InChI is InChI=1S/C79H157N2O6P/c1-6-8-10-12-14-16-18-20-22-24-26-28-30-32-33-34-35-36-37-38-39-40-41-42-43-44-45-46-47-49-51-53-55-57-59-61-63-65-67-69-71-73-79(83)80-77(76-87-88(84,85)86-75-74-81(3,4)5)78(82)72-70-68-66-64-62-60-58-56-54-52-50-48-31-29-27-25-23-21-19-17-15-13-11-9-7-2/h18,20,24,26,77-78,82H,6-17,19,21-23,25,27-76H2,1-5H3,(H-,80,83,84,85)/p+1/b20-18-,26-24-. The Morgan fingerprint density at radius 1 is 0.386 bits per heavy atom. The highest BCUT2D eigenvalue weighted by Crippen LogP contribution is 2.43. The Labute approximate surface area is 551 Å². The van der Waals surface area contributed by atoms with E-state index in [1.165, 1.54) is 353 Å². The molecule has 3 N–H and O–H groups in total. The first kappa shape index (κ1) is 87.0. The van der Waals surface area contributed by atoms with E-state index >= 15 is 0 Å².